The van der Waals surface area contributed by atoms with E-state index in [2.05, 4.69) is 4.99 Å². The first-order valence-electron chi connectivity index (χ1n) is 14.7. The van der Waals surface area contributed by atoms with Crippen LogP contribution in [0.5, 0.6) is 17.2 Å². The minimum absolute atomic E-state index is 0.132. The molecule has 2 heterocycles. The maximum absolute atomic E-state index is 14.1. The molecule has 0 bridgehead atoms. The number of rotatable bonds is 11. The Morgan fingerprint density at radius 1 is 1.04 bits per heavy atom. The molecular formula is C35H34N2O8S. The summed E-state index contributed by atoms with van der Waals surface area (Å²) in [6.45, 7) is 7.69. The van der Waals surface area contributed by atoms with Crippen LogP contribution in [0, 0.1) is 0 Å². The lowest BCUT2D eigenvalue weighted by Crippen LogP contribution is -2.40. The second-order valence-electron chi connectivity index (χ2n) is 10.7. The zero-order chi connectivity index (χ0) is 33.0. The van der Waals surface area contributed by atoms with Gasteiger partial charge in [0.1, 0.15) is 18.4 Å². The van der Waals surface area contributed by atoms with Gasteiger partial charge < -0.3 is 24.1 Å². The molecule has 1 aliphatic heterocycles. The van der Waals surface area contributed by atoms with Crippen LogP contribution >= 0.6 is 11.3 Å². The quantitative estimate of drug-likeness (QED) is 0.230. The van der Waals surface area contributed by atoms with Gasteiger partial charge in [0.05, 0.1) is 41.2 Å². The highest BCUT2D eigenvalue weighted by Gasteiger charge is 2.35. The smallest absolute Gasteiger partial charge is 0.338 e. The third kappa shape index (κ3) is 6.74. The molecule has 4 aromatic rings. The third-order valence-electron chi connectivity index (χ3n) is 7.17. The van der Waals surface area contributed by atoms with E-state index >= 15 is 0 Å². The van der Waals surface area contributed by atoms with Gasteiger partial charge in [0.2, 0.25) is 0 Å². The van der Waals surface area contributed by atoms with E-state index in [1.165, 1.54) is 35.1 Å². The molecule has 0 saturated heterocycles. The number of allylic oxidation sites excluding steroid dienone is 1. The first-order chi connectivity index (χ1) is 22.1. The van der Waals surface area contributed by atoms with Gasteiger partial charge in [-0.3, -0.25) is 9.36 Å². The predicted molar refractivity (Wildman–Crippen MR) is 173 cm³/mol. The third-order valence-corrected chi connectivity index (χ3v) is 8.16. The number of thiazole rings is 1. The summed E-state index contributed by atoms with van der Waals surface area (Å²) in [5.74, 6) is -0.0268. The van der Waals surface area contributed by atoms with Crippen molar-refractivity contribution in [2.24, 2.45) is 4.99 Å². The normalized spacial score (nSPS) is 14.5. The van der Waals surface area contributed by atoms with Crippen molar-refractivity contribution in [1.29, 1.82) is 0 Å². The highest BCUT2D eigenvalue weighted by atomic mass is 32.1. The lowest BCUT2D eigenvalue weighted by atomic mass is 9.95. The number of methoxy groups -OCH3 is 1. The van der Waals surface area contributed by atoms with E-state index in [1.807, 2.05) is 44.2 Å². The van der Waals surface area contributed by atoms with Crippen molar-refractivity contribution in [3.8, 4) is 17.2 Å². The fourth-order valence-corrected chi connectivity index (χ4v) is 6.15. The van der Waals surface area contributed by atoms with Crippen LogP contribution in [0.1, 0.15) is 60.8 Å². The highest BCUT2D eigenvalue weighted by Crippen LogP contribution is 2.36. The maximum atomic E-state index is 14.1. The van der Waals surface area contributed by atoms with Gasteiger partial charge in [-0.05, 0) is 75.2 Å². The van der Waals surface area contributed by atoms with Crippen LogP contribution in [-0.2, 0) is 16.1 Å². The molecule has 0 spiro atoms. The SMILES string of the molecule is CCOC(=O)C1=C(C)N=c2s/c(=C/c3ccc(OCc4ccc(C(=O)O)cc4)c(OC)c3)c(=O)n2[C@@H]1c1ccccc1OC(C)C. The van der Waals surface area contributed by atoms with Crippen molar-refractivity contribution in [3.63, 3.8) is 0 Å². The number of hydrogen-bond donors (Lipinski definition) is 1. The lowest BCUT2D eigenvalue weighted by molar-refractivity contribution is -0.139. The molecule has 1 aromatic heterocycles. The van der Waals surface area contributed by atoms with Crippen molar-refractivity contribution in [1.82, 2.24) is 4.57 Å². The van der Waals surface area contributed by atoms with Crippen molar-refractivity contribution in [2.75, 3.05) is 13.7 Å². The monoisotopic (exact) mass is 642 g/mol. The molecule has 0 saturated carbocycles. The van der Waals surface area contributed by atoms with E-state index in [1.54, 1.807) is 44.2 Å². The Balaban J connectivity index is 1.53. The minimum atomic E-state index is -0.993. The number of esters is 1. The lowest BCUT2D eigenvalue weighted by Gasteiger charge is -2.26. The minimum Gasteiger partial charge on any atom is -0.493 e. The number of carboxylic acids is 1. The van der Waals surface area contributed by atoms with E-state index in [0.717, 1.165) is 5.56 Å². The van der Waals surface area contributed by atoms with Crippen LogP contribution in [-0.4, -0.2) is 41.4 Å². The van der Waals surface area contributed by atoms with Crippen LogP contribution in [0.15, 0.2) is 87.8 Å². The van der Waals surface area contributed by atoms with Crippen molar-refractivity contribution in [2.45, 2.75) is 46.4 Å². The molecule has 0 fully saturated rings. The van der Waals surface area contributed by atoms with Gasteiger partial charge in [-0.15, -0.1) is 0 Å². The Labute approximate surface area is 269 Å². The molecule has 0 amide bonds. The number of hydrogen-bond acceptors (Lipinski definition) is 9. The Bertz CT molecular complexity index is 1990. The summed E-state index contributed by atoms with van der Waals surface area (Å²) in [5.41, 5.74) is 2.78. The van der Waals surface area contributed by atoms with E-state index in [-0.39, 0.29) is 36.0 Å². The molecule has 0 radical (unpaired) electrons. The molecule has 10 nitrogen and oxygen atoms in total. The van der Waals surface area contributed by atoms with Gasteiger partial charge >= 0.3 is 11.9 Å². The topological polar surface area (TPSA) is 126 Å². The molecule has 46 heavy (non-hydrogen) atoms. The van der Waals surface area contributed by atoms with Gasteiger partial charge in [-0.2, -0.15) is 0 Å². The van der Waals surface area contributed by atoms with Gasteiger partial charge in [0.15, 0.2) is 16.3 Å². The van der Waals surface area contributed by atoms with Gasteiger partial charge in [0, 0.05) is 5.56 Å². The van der Waals surface area contributed by atoms with E-state index in [9.17, 15) is 14.4 Å². The summed E-state index contributed by atoms with van der Waals surface area (Å²) in [4.78, 5) is 43.6. The molecule has 5 rings (SSSR count). The van der Waals surface area contributed by atoms with Crippen LogP contribution in [0.4, 0.5) is 0 Å². The molecule has 1 atom stereocenters. The number of aromatic carboxylic acids is 1. The van der Waals surface area contributed by atoms with Crippen LogP contribution in [0.2, 0.25) is 0 Å². The summed E-state index contributed by atoms with van der Waals surface area (Å²) in [7, 11) is 1.53. The summed E-state index contributed by atoms with van der Waals surface area (Å²) < 4.78 is 25.0. The van der Waals surface area contributed by atoms with E-state index < -0.39 is 18.0 Å². The number of carbonyl (C=O) groups excluding carboxylic acids is 1. The fourth-order valence-electron chi connectivity index (χ4n) is 5.10. The predicted octanol–water partition coefficient (Wildman–Crippen LogP) is 4.87. The first kappa shape index (κ1) is 32.2. The van der Waals surface area contributed by atoms with Crippen LogP contribution in [0.3, 0.4) is 0 Å². The Morgan fingerprint density at radius 2 is 1.78 bits per heavy atom. The zero-order valence-electron chi connectivity index (χ0n) is 26.1. The first-order valence-corrected chi connectivity index (χ1v) is 15.5. The molecule has 1 aliphatic rings. The van der Waals surface area contributed by atoms with Gasteiger partial charge in [-0.25, -0.2) is 14.6 Å². The Morgan fingerprint density at radius 3 is 2.46 bits per heavy atom. The van der Waals surface area contributed by atoms with E-state index in [4.69, 9.17) is 24.1 Å². The molecule has 3 aromatic carbocycles. The number of carboxylic acid groups (broad SMARTS) is 1. The van der Waals surface area contributed by atoms with E-state index in [0.29, 0.717) is 43.4 Å². The average molecular weight is 643 g/mol. The molecule has 0 unspecified atom stereocenters. The summed E-state index contributed by atoms with van der Waals surface area (Å²) in [6, 6.07) is 18.3. The van der Waals surface area contributed by atoms with Gasteiger partial charge in [-0.1, -0.05) is 47.7 Å². The average Bonchev–Trinajstić information content (AvgIpc) is 3.33. The number of nitrogens with zero attached hydrogens (tertiary/aromatic N) is 2. The van der Waals surface area contributed by atoms with Crippen LogP contribution < -0.4 is 29.1 Å². The van der Waals surface area contributed by atoms with Gasteiger partial charge in [0.25, 0.3) is 5.56 Å². The van der Waals surface area contributed by atoms with Crippen LogP contribution in [0.25, 0.3) is 6.08 Å². The summed E-state index contributed by atoms with van der Waals surface area (Å²) in [5, 5.41) is 9.12. The number of benzene rings is 3. The largest absolute Gasteiger partial charge is 0.493 e. The highest BCUT2D eigenvalue weighted by molar-refractivity contribution is 7.07. The number of para-hydroxylation sites is 1. The second kappa shape index (κ2) is 13.9. The molecule has 11 heteroatoms. The fraction of sp³-hybridized carbons (Fsp3) is 0.257. The molecule has 238 valence electrons. The summed E-state index contributed by atoms with van der Waals surface area (Å²) >= 11 is 1.22. The number of aromatic nitrogens is 1. The number of carbonyl (C=O) groups is 2. The summed E-state index contributed by atoms with van der Waals surface area (Å²) in [6.07, 6.45) is 1.62. The second-order valence-corrected chi connectivity index (χ2v) is 11.7. The van der Waals surface area contributed by atoms with Crippen molar-refractivity contribution in [3.05, 3.63) is 120 Å². The Hall–Kier alpha value is -5.16. The molecule has 0 aliphatic carbocycles. The standard InChI is InChI=1S/C35H34N2O8S/c1-6-43-34(41)30-21(4)36-35-37(31(30)25-9-7-8-10-26(25)45-20(2)3)32(38)29(46-35)18-23-13-16-27(28(17-23)42-5)44-19-22-11-14-24(15-12-22)33(39)40/h7-18,20,31H,6,19H2,1-5H3,(H,39,40)/b29-18+/t31-/m1/s1. The van der Waals surface area contributed by atoms with Crippen molar-refractivity contribution >= 4 is 29.4 Å². The molecule has 1 N–H and O–H groups in total. The number of ether oxygens (including phenoxy) is 4. The Kier molecular flexibility index (Phi) is 9.72. The molecular weight excluding hydrogens is 608 g/mol. The number of fused-ring (bicyclic) bond motifs is 1. The zero-order valence-corrected chi connectivity index (χ0v) is 26.9. The maximum Gasteiger partial charge on any atom is 0.338 e. The van der Waals surface area contributed by atoms with Crippen molar-refractivity contribution < 1.29 is 33.6 Å².